The molecule has 1 N–H and O–H groups in total. The summed E-state index contributed by atoms with van der Waals surface area (Å²) in [7, 11) is 0. The smallest absolute Gasteiger partial charge is 0.156 e. The van der Waals surface area contributed by atoms with Gasteiger partial charge in [0.25, 0.3) is 0 Å². The number of fused-ring (bicyclic) bond motifs is 1. The van der Waals surface area contributed by atoms with E-state index >= 15 is 0 Å². The van der Waals surface area contributed by atoms with Crippen LogP contribution in [0.15, 0.2) is 11.6 Å². The maximum atomic E-state index is 11.6. The van der Waals surface area contributed by atoms with Crippen molar-refractivity contribution in [2.75, 3.05) is 0 Å². The van der Waals surface area contributed by atoms with Crippen molar-refractivity contribution < 1.29 is 14.7 Å². The first-order chi connectivity index (χ1) is 8.74. The maximum absolute atomic E-state index is 11.6. The van der Waals surface area contributed by atoms with Crippen LogP contribution in [-0.4, -0.2) is 23.3 Å². The van der Waals surface area contributed by atoms with Crippen molar-refractivity contribution in [1.29, 1.82) is 0 Å². The molecular weight excluding hydrogens is 240 g/mol. The number of aliphatic hydroxyl groups is 1. The highest BCUT2D eigenvalue weighted by Crippen LogP contribution is 2.61. The van der Waals surface area contributed by atoms with E-state index in [9.17, 15) is 14.7 Å². The number of rotatable bonds is 2. The van der Waals surface area contributed by atoms with Gasteiger partial charge < -0.3 is 5.11 Å². The van der Waals surface area contributed by atoms with Gasteiger partial charge >= 0.3 is 0 Å². The number of hydrogen-bond acceptors (Lipinski definition) is 3. The highest BCUT2D eigenvalue weighted by Gasteiger charge is 2.61. The quantitative estimate of drug-likeness (QED) is 0.780. The van der Waals surface area contributed by atoms with Gasteiger partial charge in [0.2, 0.25) is 0 Å². The Labute approximate surface area is 115 Å². The van der Waals surface area contributed by atoms with Crippen LogP contribution in [0.25, 0.3) is 0 Å². The van der Waals surface area contributed by atoms with Crippen molar-refractivity contribution in [3.8, 4) is 0 Å². The van der Waals surface area contributed by atoms with Crippen molar-refractivity contribution in [1.82, 2.24) is 0 Å². The van der Waals surface area contributed by atoms with Crippen LogP contribution in [0.2, 0.25) is 0 Å². The fourth-order valence-corrected chi connectivity index (χ4v) is 4.32. The first-order valence-corrected chi connectivity index (χ1v) is 7.08. The van der Waals surface area contributed by atoms with E-state index in [4.69, 9.17) is 0 Å². The van der Waals surface area contributed by atoms with Crippen molar-refractivity contribution in [2.45, 2.75) is 52.6 Å². The first-order valence-electron chi connectivity index (χ1n) is 7.08. The van der Waals surface area contributed by atoms with Crippen LogP contribution in [-0.2, 0) is 9.59 Å². The van der Waals surface area contributed by atoms with Gasteiger partial charge in [-0.2, -0.15) is 0 Å². The number of carbonyl (C=O) groups is 2. The summed E-state index contributed by atoms with van der Waals surface area (Å²) in [4.78, 5) is 22.7. The van der Waals surface area contributed by atoms with E-state index < -0.39 is 11.0 Å². The lowest BCUT2D eigenvalue weighted by atomic mass is 9.45. The van der Waals surface area contributed by atoms with Crippen LogP contribution >= 0.6 is 0 Å². The molecule has 1 fully saturated rings. The fraction of sp³-hybridized carbons (Fsp3) is 0.750. The van der Waals surface area contributed by atoms with Crippen LogP contribution in [0.5, 0.6) is 0 Å². The number of aldehydes is 2. The molecule has 0 radical (unpaired) electrons. The Morgan fingerprint density at radius 1 is 1.32 bits per heavy atom. The highest BCUT2D eigenvalue weighted by atomic mass is 16.3. The molecule has 0 aliphatic heterocycles. The highest BCUT2D eigenvalue weighted by molar-refractivity contribution is 5.88. The van der Waals surface area contributed by atoms with Crippen LogP contribution in [0.4, 0.5) is 0 Å². The summed E-state index contributed by atoms with van der Waals surface area (Å²) >= 11 is 0. The molecule has 0 amide bonds. The standard InChI is InChI=1S/C16H24O3/c1-11-7-8-15(4)13(14(11,2)3)6-5-12(9-17)16(15,19)10-18/h5,9-11,13,19H,6-8H2,1-4H3/t11-,13-,15-,16+/m0/s1. The van der Waals surface area contributed by atoms with Gasteiger partial charge in [0.05, 0.1) is 0 Å². The SMILES string of the molecule is C[C@H]1CC[C@@]2(C)[C@@H](CC=C(C=O)[C@]2(O)C=O)C1(C)C. The summed E-state index contributed by atoms with van der Waals surface area (Å²) in [5, 5.41) is 10.8. The molecule has 0 saturated heterocycles. The molecular formula is C16H24O3. The summed E-state index contributed by atoms with van der Waals surface area (Å²) < 4.78 is 0. The van der Waals surface area contributed by atoms with Crippen LogP contribution in [0.1, 0.15) is 47.0 Å². The molecule has 2 aliphatic rings. The zero-order valence-corrected chi connectivity index (χ0v) is 12.3. The molecule has 3 nitrogen and oxygen atoms in total. The van der Waals surface area contributed by atoms with Gasteiger partial charge in [-0.25, -0.2) is 0 Å². The molecule has 0 aromatic rings. The largest absolute Gasteiger partial charge is 0.377 e. The monoisotopic (exact) mass is 264 g/mol. The zero-order chi connectivity index (χ0) is 14.5. The maximum Gasteiger partial charge on any atom is 0.156 e. The third-order valence-corrected chi connectivity index (χ3v) is 6.22. The Hall–Kier alpha value is -0.960. The molecule has 0 aromatic carbocycles. The number of carbonyl (C=O) groups excluding carboxylic acids is 2. The van der Waals surface area contributed by atoms with Crippen LogP contribution in [0, 0.1) is 22.7 Å². The zero-order valence-electron chi connectivity index (χ0n) is 12.3. The Kier molecular flexibility index (Phi) is 3.25. The summed E-state index contributed by atoms with van der Waals surface area (Å²) in [6, 6.07) is 0. The second-order valence-corrected chi connectivity index (χ2v) is 7.13. The molecule has 0 heterocycles. The number of hydrogen-bond donors (Lipinski definition) is 1. The fourth-order valence-electron chi connectivity index (χ4n) is 4.32. The van der Waals surface area contributed by atoms with Gasteiger partial charge in [0.15, 0.2) is 11.9 Å². The number of allylic oxidation sites excluding steroid dienone is 1. The van der Waals surface area contributed by atoms with E-state index in [0.717, 1.165) is 19.3 Å². The molecule has 0 bridgehead atoms. The summed E-state index contributed by atoms with van der Waals surface area (Å²) in [5.74, 6) is 0.760. The molecule has 3 heteroatoms. The average molecular weight is 264 g/mol. The van der Waals surface area contributed by atoms with E-state index in [2.05, 4.69) is 20.8 Å². The predicted molar refractivity (Wildman–Crippen MR) is 73.6 cm³/mol. The van der Waals surface area contributed by atoms with Gasteiger partial charge in [-0.3, -0.25) is 9.59 Å². The Balaban J connectivity index is 2.58. The van der Waals surface area contributed by atoms with Crippen molar-refractivity contribution >= 4 is 12.6 Å². The normalized spacial score (nSPS) is 45.0. The molecule has 19 heavy (non-hydrogen) atoms. The van der Waals surface area contributed by atoms with E-state index in [1.165, 1.54) is 0 Å². The van der Waals surface area contributed by atoms with Crippen molar-refractivity contribution in [2.24, 2.45) is 22.7 Å². The van der Waals surface area contributed by atoms with Crippen LogP contribution < -0.4 is 0 Å². The van der Waals surface area contributed by atoms with Gasteiger partial charge in [-0.1, -0.05) is 33.8 Å². The molecule has 2 rings (SSSR count). The molecule has 0 spiro atoms. The molecule has 4 atom stereocenters. The lowest BCUT2D eigenvalue weighted by Crippen LogP contribution is -2.61. The second kappa shape index (κ2) is 4.27. The average Bonchev–Trinajstić information content (AvgIpc) is 2.37. The lowest BCUT2D eigenvalue weighted by molar-refractivity contribution is -0.165. The molecule has 1 saturated carbocycles. The Morgan fingerprint density at radius 2 is 1.95 bits per heavy atom. The molecule has 0 aromatic heterocycles. The summed E-state index contributed by atoms with van der Waals surface area (Å²) in [6.45, 7) is 8.63. The molecule has 0 unspecified atom stereocenters. The van der Waals surface area contributed by atoms with Gasteiger partial charge in [0, 0.05) is 11.0 Å². The summed E-state index contributed by atoms with van der Waals surface area (Å²) in [6.07, 6.45) is 5.49. The minimum absolute atomic E-state index is 0.0505. The third kappa shape index (κ3) is 1.67. The second-order valence-electron chi connectivity index (χ2n) is 7.13. The van der Waals surface area contributed by atoms with Crippen molar-refractivity contribution in [3.63, 3.8) is 0 Å². The van der Waals surface area contributed by atoms with E-state index in [-0.39, 0.29) is 16.9 Å². The third-order valence-electron chi connectivity index (χ3n) is 6.22. The lowest BCUT2D eigenvalue weighted by Gasteiger charge is -2.60. The van der Waals surface area contributed by atoms with Gasteiger partial charge in [-0.15, -0.1) is 0 Å². The predicted octanol–water partition coefficient (Wildman–Crippen LogP) is 2.52. The topological polar surface area (TPSA) is 54.4 Å². The Bertz CT molecular complexity index is 437. The van der Waals surface area contributed by atoms with Crippen LogP contribution in [0.3, 0.4) is 0 Å². The molecule has 106 valence electrons. The Morgan fingerprint density at radius 3 is 2.47 bits per heavy atom. The minimum Gasteiger partial charge on any atom is -0.377 e. The minimum atomic E-state index is -1.63. The van der Waals surface area contributed by atoms with E-state index in [1.54, 1.807) is 6.08 Å². The van der Waals surface area contributed by atoms with E-state index in [1.807, 2.05) is 6.92 Å². The van der Waals surface area contributed by atoms with E-state index in [0.29, 0.717) is 18.5 Å². The van der Waals surface area contributed by atoms with Gasteiger partial charge in [-0.05, 0) is 36.5 Å². The molecule has 2 aliphatic carbocycles. The summed E-state index contributed by atoms with van der Waals surface area (Å²) in [5.41, 5.74) is -1.88. The van der Waals surface area contributed by atoms with Gasteiger partial charge in [0.1, 0.15) is 6.29 Å². The first kappa shape index (κ1) is 14.4. The van der Waals surface area contributed by atoms with Crippen molar-refractivity contribution in [3.05, 3.63) is 11.6 Å².